The van der Waals surface area contributed by atoms with Crippen molar-refractivity contribution in [1.29, 1.82) is 0 Å². The molecule has 2 nitrogen and oxygen atoms in total. The number of hydrogen-bond acceptors (Lipinski definition) is 2. The molecular weight excluding hydrogens is 256 g/mol. The van der Waals surface area contributed by atoms with Crippen LogP contribution in [0.2, 0.25) is 0 Å². The van der Waals surface area contributed by atoms with E-state index in [0.717, 1.165) is 0 Å². The molecule has 0 aromatic rings. The molecule has 0 amide bonds. The van der Waals surface area contributed by atoms with Gasteiger partial charge in [-0.15, -0.1) is 0 Å². The number of carbonyl (C=O) groups excluding carboxylic acids is 2. The van der Waals surface area contributed by atoms with Crippen molar-refractivity contribution in [3.63, 3.8) is 0 Å². The first-order valence-electron chi connectivity index (χ1n) is 3.17. The van der Waals surface area contributed by atoms with E-state index in [-0.39, 0.29) is 0 Å². The Morgan fingerprint density at radius 2 is 0.750 bits per heavy atom. The van der Waals surface area contributed by atoms with Crippen LogP contribution in [0, 0.1) is 0 Å². The van der Waals surface area contributed by atoms with Crippen molar-refractivity contribution in [1.82, 2.24) is 0 Å². The number of rotatable bonds is 5. The van der Waals surface area contributed by atoms with Crippen molar-refractivity contribution in [2.75, 3.05) is 0 Å². The molecule has 0 aliphatic carbocycles. The average Bonchev–Trinajstić information content (AvgIpc) is 2.16. The second-order valence-corrected chi connectivity index (χ2v) is 2.50. The molecule has 0 saturated carbocycles. The minimum Gasteiger partial charge on any atom is -0.283 e. The largest absolute Gasteiger partial charge is 0.386 e. The summed E-state index contributed by atoms with van der Waals surface area (Å²) in [7, 11) is 0. The zero-order chi connectivity index (χ0) is 13.4. The maximum atomic E-state index is 12.2. The lowest BCUT2D eigenvalue weighted by Gasteiger charge is -2.31. The van der Waals surface area contributed by atoms with Crippen LogP contribution in [0.4, 0.5) is 35.1 Å². The fourth-order valence-electron chi connectivity index (χ4n) is 0.523. The van der Waals surface area contributed by atoms with Crippen LogP contribution in [0.3, 0.4) is 0 Å². The van der Waals surface area contributed by atoms with E-state index >= 15 is 0 Å². The van der Waals surface area contributed by atoms with Crippen LogP contribution in [0.15, 0.2) is 0 Å². The first-order chi connectivity index (χ1) is 6.87. The van der Waals surface area contributed by atoms with Gasteiger partial charge in [-0.25, -0.2) is 0 Å². The van der Waals surface area contributed by atoms with Gasteiger partial charge in [-0.2, -0.15) is 35.1 Å². The summed E-state index contributed by atoms with van der Waals surface area (Å²) in [6, 6.07) is 0. The lowest BCUT2D eigenvalue weighted by Crippen LogP contribution is -2.63. The Morgan fingerprint density at radius 3 is 0.875 bits per heavy atom. The Morgan fingerprint density at radius 1 is 0.562 bits per heavy atom. The van der Waals surface area contributed by atoms with Crippen LogP contribution in [0.25, 0.3) is 0 Å². The topological polar surface area (TPSA) is 34.1 Å². The van der Waals surface area contributed by atoms with E-state index in [1.165, 1.54) is 0 Å². The van der Waals surface area contributed by atoms with Gasteiger partial charge in [0.1, 0.15) is 0 Å². The van der Waals surface area contributed by atoms with Crippen molar-refractivity contribution in [2.24, 2.45) is 0 Å². The molecule has 0 aliphatic heterocycles. The molecule has 10 heteroatoms. The summed E-state index contributed by atoms with van der Waals surface area (Å²) in [6.07, 6.45) is -1.59. The molecule has 2 radical (unpaired) electrons. The van der Waals surface area contributed by atoms with Gasteiger partial charge >= 0.3 is 23.7 Å². The Hall–Kier alpha value is -1.22. The van der Waals surface area contributed by atoms with E-state index in [2.05, 4.69) is 0 Å². The third-order valence-corrected chi connectivity index (χ3v) is 1.44. The molecule has 0 aromatic heterocycles. The molecule has 0 bridgehead atoms. The van der Waals surface area contributed by atoms with E-state index in [9.17, 15) is 44.7 Å². The van der Waals surface area contributed by atoms with Gasteiger partial charge in [0.05, 0.1) is 0 Å². The fourth-order valence-corrected chi connectivity index (χ4v) is 0.523. The smallest absolute Gasteiger partial charge is 0.283 e. The van der Waals surface area contributed by atoms with Gasteiger partial charge in [-0.1, -0.05) is 0 Å². The molecule has 0 unspecified atom stereocenters. The highest BCUT2D eigenvalue weighted by Gasteiger charge is 2.81. The zero-order valence-corrected chi connectivity index (χ0v) is 6.84. The molecule has 92 valence electrons. The molecular formula is C6F8O2. The molecule has 0 rings (SSSR count). The molecule has 16 heavy (non-hydrogen) atoms. The van der Waals surface area contributed by atoms with Gasteiger partial charge in [-0.05, 0) is 0 Å². The SMILES string of the molecule is O=[C]C(F)(F)C(F)(F)C(F)(F)C(F)(F)[C]=O. The van der Waals surface area contributed by atoms with Crippen LogP contribution in [0.1, 0.15) is 0 Å². The van der Waals surface area contributed by atoms with E-state index < -0.39 is 36.3 Å². The Bertz CT molecular complexity index is 267. The van der Waals surface area contributed by atoms with Crippen LogP contribution in [-0.4, -0.2) is 36.3 Å². The third-order valence-electron chi connectivity index (χ3n) is 1.44. The van der Waals surface area contributed by atoms with Crippen molar-refractivity contribution >= 4 is 12.6 Å². The Kier molecular flexibility index (Phi) is 3.39. The summed E-state index contributed by atoms with van der Waals surface area (Å²) >= 11 is 0. The summed E-state index contributed by atoms with van der Waals surface area (Å²) in [4.78, 5) is 18.6. The highest BCUT2D eigenvalue weighted by molar-refractivity contribution is 5.66. The predicted octanol–water partition coefficient (Wildman–Crippen LogP) is 1.75. The molecule has 0 atom stereocenters. The average molecular weight is 256 g/mol. The molecule has 0 heterocycles. The standard InChI is InChI=1S/C6F8O2/c7-3(8,1-15)5(11,12)6(13,14)4(9,10)2-16. The lowest BCUT2D eigenvalue weighted by atomic mass is 10.0. The fraction of sp³-hybridized carbons (Fsp3) is 0.667. The highest BCUT2D eigenvalue weighted by atomic mass is 19.4. The summed E-state index contributed by atoms with van der Waals surface area (Å²) < 4.78 is 96.9. The minimum absolute atomic E-state index is 0.793. The summed E-state index contributed by atoms with van der Waals surface area (Å²) in [5.41, 5.74) is 0. The molecule has 0 N–H and O–H groups in total. The molecule has 0 saturated heterocycles. The molecule has 0 aromatic carbocycles. The molecule has 0 aliphatic rings. The lowest BCUT2D eigenvalue weighted by molar-refractivity contribution is -0.333. The van der Waals surface area contributed by atoms with E-state index in [0.29, 0.717) is 0 Å². The summed E-state index contributed by atoms with van der Waals surface area (Å²) in [5, 5.41) is 0. The first-order valence-corrected chi connectivity index (χ1v) is 3.17. The number of halogens is 8. The third kappa shape index (κ3) is 1.76. The van der Waals surface area contributed by atoms with Gasteiger partial charge < -0.3 is 0 Å². The van der Waals surface area contributed by atoms with Crippen LogP contribution in [-0.2, 0) is 9.59 Å². The molecule has 0 spiro atoms. The van der Waals surface area contributed by atoms with Crippen molar-refractivity contribution in [3.05, 3.63) is 0 Å². The van der Waals surface area contributed by atoms with Crippen molar-refractivity contribution in [2.45, 2.75) is 23.7 Å². The van der Waals surface area contributed by atoms with Gasteiger partial charge in [0, 0.05) is 0 Å². The first kappa shape index (κ1) is 14.8. The molecule has 0 fully saturated rings. The van der Waals surface area contributed by atoms with E-state index in [1.807, 2.05) is 0 Å². The van der Waals surface area contributed by atoms with E-state index in [4.69, 9.17) is 0 Å². The minimum atomic E-state index is -6.78. The van der Waals surface area contributed by atoms with Gasteiger partial charge in [0.25, 0.3) is 12.6 Å². The van der Waals surface area contributed by atoms with Gasteiger partial charge in [-0.3, -0.25) is 9.59 Å². The second kappa shape index (κ2) is 3.67. The van der Waals surface area contributed by atoms with Crippen LogP contribution in [0.5, 0.6) is 0 Å². The number of alkyl halides is 8. The second-order valence-electron chi connectivity index (χ2n) is 2.50. The van der Waals surface area contributed by atoms with Crippen LogP contribution < -0.4 is 0 Å². The summed E-state index contributed by atoms with van der Waals surface area (Å²) in [6.45, 7) is 0. The highest BCUT2D eigenvalue weighted by Crippen LogP contribution is 2.51. The normalized spacial score (nSPS) is 14.8. The monoisotopic (exact) mass is 256 g/mol. The predicted molar refractivity (Wildman–Crippen MR) is 31.2 cm³/mol. The maximum Gasteiger partial charge on any atom is 0.386 e. The maximum absolute atomic E-state index is 12.2. The Labute approximate surface area is 82.2 Å². The van der Waals surface area contributed by atoms with Gasteiger partial charge in [0.2, 0.25) is 0 Å². The van der Waals surface area contributed by atoms with Crippen molar-refractivity contribution < 1.29 is 44.7 Å². The zero-order valence-electron chi connectivity index (χ0n) is 6.84. The number of hydrogen-bond donors (Lipinski definition) is 0. The quantitative estimate of drug-likeness (QED) is 0.702. The summed E-state index contributed by atoms with van der Waals surface area (Å²) in [5.74, 6) is -25.9. The van der Waals surface area contributed by atoms with Crippen LogP contribution >= 0.6 is 0 Å². The van der Waals surface area contributed by atoms with Crippen molar-refractivity contribution in [3.8, 4) is 0 Å². The van der Waals surface area contributed by atoms with E-state index in [1.54, 1.807) is 0 Å². The van der Waals surface area contributed by atoms with Gasteiger partial charge in [0.15, 0.2) is 0 Å². The Balaban J connectivity index is 5.63.